The molecule has 2 heterocycles. The average molecular weight is 477 g/mol. The Labute approximate surface area is 207 Å². The molecule has 0 radical (unpaired) electrons. The zero-order chi connectivity index (χ0) is 24.8. The molecule has 0 unspecified atom stereocenters. The molecule has 7 nitrogen and oxygen atoms in total. The molecular weight excluding hydrogens is 440 g/mol. The maximum Gasteiger partial charge on any atom is 0.338 e. The van der Waals surface area contributed by atoms with Gasteiger partial charge in [0.2, 0.25) is 0 Å². The number of likely N-dealkylation sites (tertiary alicyclic amines) is 1. The number of esters is 1. The molecule has 1 fully saturated rings. The smallest absolute Gasteiger partial charge is 0.338 e. The second-order valence-electron chi connectivity index (χ2n) is 9.57. The molecule has 3 aromatic rings. The van der Waals surface area contributed by atoms with E-state index in [1.807, 2.05) is 60.1 Å². The van der Waals surface area contributed by atoms with Gasteiger partial charge in [-0.25, -0.2) is 4.79 Å². The molecule has 4 rings (SSSR count). The number of fused-ring (bicyclic) bond motifs is 1. The number of hydrogen-bond donors (Lipinski definition) is 1. The van der Waals surface area contributed by atoms with Gasteiger partial charge >= 0.3 is 5.97 Å². The fourth-order valence-corrected chi connectivity index (χ4v) is 4.69. The third-order valence-corrected chi connectivity index (χ3v) is 6.76. The first-order chi connectivity index (χ1) is 17.0. The van der Waals surface area contributed by atoms with Crippen LogP contribution in [-0.4, -0.2) is 59.3 Å². The first kappa shape index (κ1) is 24.9. The number of benzene rings is 2. The van der Waals surface area contributed by atoms with Gasteiger partial charge in [-0.1, -0.05) is 30.3 Å². The van der Waals surface area contributed by atoms with Gasteiger partial charge in [0.25, 0.3) is 5.91 Å². The summed E-state index contributed by atoms with van der Waals surface area (Å²) in [5.74, 6) is 0.126. The van der Waals surface area contributed by atoms with E-state index in [9.17, 15) is 9.59 Å². The van der Waals surface area contributed by atoms with Crippen LogP contribution in [0.5, 0.6) is 0 Å². The van der Waals surface area contributed by atoms with Crippen molar-refractivity contribution in [3.8, 4) is 0 Å². The molecule has 0 aliphatic carbocycles. The Kier molecular flexibility index (Phi) is 8.18. The molecule has 186 valence electrons. The summed E-state index contributed by atoms with van der Waals surface area (Å²) in [6.45, 7) is 10.1. The maximum atomic E-state index is 12.9. The van der Waals surface area contributed by atoms with E-state index < -0.39 is 0 Å². The number of para-hydroxylation sites is 1. The van der Waals surface area contributed by atoms with Gasteiger partial charge in [0.1, 0.15) is 0 Å². The van der Waals surface area contributed by atoms with Crippen molar-refractivity contribution in [1.82, 2.24) is 20.0 Å². The number of aromatic nitrogens is 2. The van der Waals surface area contributed by atoms with Gasteiger partial charge in [-0.05, 0) is 82.8 Å². The Hall–Kier alpha value is -3.19. The lowest BCUT2D eigenvalue weighted by molar-refractivity contribution is 0.0526. The minimum atomic E-state index is -0.269. The number of ether oxygens (including phenoxy) is 1. The topological polar surface area (TPSA) is 76.5 Å². The van der Waals surface area contributed by atoms with Crippen LogP contribution in [0.25, 0.3) is 10.9 Å². The zero-order valence-corrected chi connectivity index (χ0v) is 21.0. The molecule has 35 heavy (non-hydrogen) atoms. The van der Waals surface area contributed by atoms with E-state index in [4.69, 9.17) is 4.74 Å². The minimum absolute atomic E-state index is 0.0886. The van der Waals surface area contributed by atoms with Gasteiger partial charge in [-0.2, -0.15) is 5.10 Å². The molecule has 1 saturated heterocycles. The van der Waals surface area contributed by atoms with Crippen LogP contribution in [0.1, 0.15) is 66.1 Å². The van der Waals surface area contributed by atoms with E-state index in [0.717, 1.165) is 49.8 Å². The van der Waals surface area contributed by atoms with E-state index in [1.165, 1.54) is 5.56 Å². The number of carbonyl (C=O) groups excluding carboxylic acids is 2. The first-order valence-corrected chi connectivity index (χ1v) is 12.7. The Morgan fingerprint density at radius 2 is 1.80 bits per heavy atom. The van der Waals surface area contributed by atoms with Crippen LogP contribution in [0, 0.1) is 5.92 Å². The third kappa shape index (κ3) is 6.09. The lowest BCUT2D eigenvalue weighted by Gasteiger charge is -2.32. The first-order valence-electron chi connectivity index (χ1n) is 12.7. The molecular formula is C28H36N4O3. The predicted octanol–water partition coefficient (Wildman–Crippen LogP) is 4.48. The van der Waals surface area contributed by atoms with Crippen LogP contribution in [0.2, 0.25) is 0 Å². The van der Waals surface area contributed by atoms with Crippen molar-refractivity contribution in [2.45, 2.75) is 46.1 Å². The van der Waals surface area contributed by atoms with E-state index >= 15 is 0 Å². The molecule has 1 amide bonds. The van der Waals surface area contributed by atoms with Crippen molar-refractivity contribution >= 4 is 22.8 Å². The number of hydrogen-bond acceptors (Lipinski definition) is 5. The summed E-state index contributed by atoms with van der Waals surface area (Å²) in [5.41, 5.74) is 3.33. The van der Waals surface area contributed by atoms with Crippen molar-refractivity contribution in [3.05, 3.63) is 65.4 Å². The molecule has 1 N–H and O–H groups in total. The number of amides is 1. The summed E-state index contributed by atoms with van der Waals surface area (Å²) in [5, 5.41) is 8.66. The fraction of sp³-hybridized carbons (Fsp3) is 0.464. The van der Waals surface area contributed by atoms with Crippen LogP contribution in [0.15, 0.2) is 48.5 Å². The Morgan fingerprint density at radius 3 is 2.49 bits per heavy atom. The second kappa shape index (κ2) is 11.5. The predicted molar refractivity (Wildman–Crippen MR) is 138 cm³/mol. The molecule has 0 saturated carbocycles. The summed E-state index contributed by atoms with van der Waals surface area (Å²) < 4.78 is 6.97. The Bertz CT molecular complexity index is 1140. The maximum absolute atomic E-state index is 12.9. The molecule has 0 bridgehead atoms. The molecule has 7 heteroatoms. The van der Waals surface area contributed by atoms with Crippen LogP contribution >= 0.6 is 0 Å². The van der Waals surface area contributed by atoms with E-state index in [2.05, 4.69) is 29.2 Å². The Morgan fingerprint density at radius 1 is 1.09 bits per heavy atom. The standard InChI is InChI=1S/C28H36N4O3/c1-4-35-28(34)23-11-9-21(10-12-23)13-16-31-17-14-22(15-18-31)19-29-27(33)26-24-7-5-6-8-25(24)32(30-26)20(2)3/h5-12,20,22H,4,13-19H2,1-3H3,(H,29,33). The molecule has 1 aliphatic rings. The van der Waals surface area contributed by atoms with Crippen LogP contribution < -0.4 is 5.32 Å². The molecule has 0 atom stereocenters. The highest BCUT2D eigenvalue weighted by atomic mass is 16.5. The quantitative estimate of drug-likeness (QED) is 0.461. The highest BCUT2D eigenvalue weighted by molar-refractivity contribution is 6.04. The van der Waals surface area contributed by atoms with E-state index in [1.54, 1.807) is 0 Å². The molecule has 0 spiro atoms. The summed E-state index contributed by atoms with van der Waals surface area (Å²) >= 11 is 0. The lowest BCUT2D eigenvalue weighted by atomic mass is 9.96. The monoisotopic (exact) mass is 476 g/mol. The zero-order valence-electron chi connectivity index (χ0n) is 21.0. The van der Waals surface area contributed by atoms with Gasteiger partial charge < -0.3 is 15.0 Å². The third-order valence-electron chi connectivity index (χ3n) is 6.76. The second-order valence-corrected chi connectivity index (χ2v) is 9.57. The van der Waals surface area contributed by atoms with Crippen molar-refractivity contribution in [2.75, 3.05) is 32.8 Å². The SMILES string of the molecule is CCOC(=O)c1ccc(CCN2CCC(CNC(=O)c3nn(C(C)C)c4ccccc34)CC2)cc1. The molecule has 1 aliphatic heterocycles. The van der Waals surface area contributed by atoms with Crippen molar-refractivity contribution in [3.63, 3.8) is 0 Å². The summed E-state index contributed by atoms with van der Waals surface area (Å²) in [4.78, 5) is 27.2. The highest BCUT2D eigenvalue weighted by Crippen LogP contribution is 2.22. The van der Waals surface area contributed by atoms with E-state index in [0.29, 0.717) is 30.3 Å². The number of piperidine rings is 1. The van der Waals surface area contributed by atoms with Crippen molar-refractivity contribution in [1.29, 1.82) is 0 Å². The van der Waals surface area contributed by atoms with Crippen LogP contribution in [0.4, 0.5) is 0 Å². The van der Waals surface area contributed by atoms with Gasteiger partial charge in [-0.3, -0.25) is 9.48 Å². The molecule has 2 aromatic carbocycles. The largest absolute Gasteiger partial charge is 0.462 e. The van der Waals surface area contributed by atoms with E-state index in [-0.39, 0.29) is 17.9 Å². The number of nitrogens with zero attached hydrogens (tertiary/aromatic N) is 3. The van der Waals surface area contributed by atoms with Gasteiger partial charge in [-0.15, -0.1) is 0 Å². The number of rotatable bonds is 9. The summed E-state index contributed by atoms with van der Waals surface area (Å²) in [6, 6.07) is 15.8. The fourth-order valence-electron chi connectivity index (χ4n) is 4.69. The lowest BCUT2D eigenvalue weighted by Crippen LogP contribution is -2.39. The van der Waals surface area contributed by atoms with Gasteiger partial charge in [0.05, 0.1) is 17.7 Å². The van der Waals surface area contributed by atoms with Gasteiger partial charge in [0.15, 0.2) is 5.69 Å². The number of nitrogens with one attached hydrogen (secondary N) is 1. The Balaban J connectivity index is 1.22. The van der Waals surface area contributed by atoms with Crippen molar-refractivity contribution < 1.29 is 14.3 Å². The minimum Gasteiger partial charge on any atom is -0.462 e. The van der Waals surface area contributed by atoms with Crippen LogP contribution in [0.3, 0.4) is 0 Å². The normalized spacial score (nSPS) is 15.0. The highest BCUT2D eigenvalue weighted by Gasteiger charge is 2.22. The van der Waals surface area contributed by atoms with Crippen molar-refractivity contribution in [2.24, 2.45) is 5.92 Å². The molecule has 1 aromatic heterocycles. The van der Waals surface area contributed by atoms with Gasteiger partial charge in [0, 0.05) is 24.5 Å². The summed E-state index contributed by atoms with van der Waals surface area (Å²) in [7, 11) is 0. The average Bonchev–Trinajstić information content (AvgIpc) is 3.27. The number of carbonyl (C=O) groups is 2. The summed E-state index contributed by atoms with van der Waals surface area (Å²) in [6.07, 6.45) is 3.10. The van der Waals surface area contributed by atoms with Crippen LogP contribution in [-0.2, 0) is 11.2 Å².